The Balaban J connectivity index is 2.58. The standard InChI is InChI=1S/C8H15N3O3/c1-8(2,6(12)10-9)5-11-3-4-14-7(11)13/h3-5,9H2,1-2H3,(H,10,12). The summed E-state index contributed by atoms with van der Waals surface area (Å²) in [5, 5.41) is 0. The minimum absolute atomic E-state index is 0.294. The van der Waals surface area contributed by atoms with E-state index in [9.17, 15) is 9.59 Å². The van der Waals surface area contributed by atoms with Crippen LogP contribution in [0.1, 0.15) is 13.8 Å². The molecule has 0 aromatic rings. The van der Waals surface area contributed by atoms with Gasteiger partial charge < -0.3 is 9.64 Å². The molecule has 1 aliphatic heterocycles. The van der Waals surface area contributed by atoms with E-state index < -0.39 is 5.41 Å². The molecule has 0 radical (unpaired) electrons. The number of cyclic esters (lactones) is 1. The first-order chi connectivity index (χ1) is 6.47. The van der Waals surface area contributed by atoms with Crippen LogP contribution in [0.5, 0.6) is 0 Å². The number of rotatable bonds is 3. The summed E-state index contributed by atoms with van der Waals surface area (Å²) in [7, 11) is 0. The van der Waals surface area contributed by atoms with Crippen LogP contribution in [0.2, 0.25) is 0 Å². The van der Waals surface area contributed by atoms with Crippen LogP contribution in [0.25, 0.3) is 0 Å². The minimum atomic E-state index is -0.696. The molecule has 0 atom stereocenters. The number of hydrogen-bond donors (Lipinski definition) is 2. The van der Waals surface area contributed by atoms with E-state index in [1.54, 1.807) is 13.8 Å². The number of ether oxygens (including phenoxy) is 1. The molecule has 0 aromatic carbocycles. The molecule has 6 heteroatoms. The molecule has 14 heavy (non-hydrogen) atoms. The molecule has 0 spiro atoms. The van der Waals surface area contributed by atoms with Crippen LogP contribution in [-0.2, 0) is 9.53 Å². The summed E-state index contributed by atoms with van der Waals surface area (Å²) in [5.74, 6) is 4.74. The van der Waals surface area contributed by atoms with Crippen molar-refractivity contribution in [3.63, 3.8) is 0 Å². The van der Waals surface area contributed by atoms with E-state index in [0.29, 0.717) is 19.7 Å². The van der Waals surface area contributed by atoms with Crippen molar-refractivity contribution in [3.05, 3.63) is 0 Å². The molecule has 1 heterocycles. The van der Waals surface area contributed by atoms with Gasteiger partial charge in [-0.3, -0.25) is 10.2 Å². The first-order valence-electron chi connectivity index (χ1n) is 4.40. The summed E-state index contributed by atoms with van der Waals surface area (Å²) in [4.78, 5) is 23.9. The van der Waals surface area contributed by atoms with Crippen molar-refractivity contribution < 1.29 is 14.3 Å². The first kappa shape index (κ1) is 10.8. The van der Waals surface area contributed by atoms with Gasteiger partial charge in [0.05, 0.1) is 12.0 Å². The highest BCUT2D eigenvalue weighted by molar-refractivity contribution is 5.82. The van der Waals surface area contributed by atoms with Gasteiger partial charge in [0.15, 0.2) is 0 Å². The van der Waals surface area contributed by atoms with Crippen molar-refractivity contribution in [3.8, 4) is 0 Å². The second kappa shape index (κ2) is 3.83. The van der Waals surface area contributed by atoms with Crippen molar-refractivity contribution in [1.29, 1.82) is 0 Å². The molecule has 3 N–H and O–H groups in total. The second-order valence-corrected chi connectivity index (χ2v) is 3.89. The lowest BCUT2D eigenvalue weighted by molar-refractivity contribution is -0.129. The van der Waals surface area contributed by atoms with E-state index in [1.165, 1.54) is 4.90 Å². The lowest BCUT2D eigenvalue weighted by Gasteiger charge is -2.26. The third-order valence-electron chi connectivity index (χ3n) is 2.18. The fourth-order valence-electron chi connectivity index (χ4n) is 1.31. The van der Waals surface area contributed by atoms with E-state index >= 15 is 0 Å². The molecule has 0 aromatic heterocycles. The Morgan fingerprint density at radius 1 is 1.71 bits per heavy atom. The Morgan fingerprint density at radius 2 is 2.36 bits per heavy atom. The largest absolute Gasteiger partial charge is 0.448 e. The molecule has 1 rings (SSSR count). The van der Waals surface area contributed by atoms with Crippen LogP contribution in [0.4, 0.5) is 4.79 Å². The molecule has 0 bridgehead atoms. The van der Waals surface area contributed by atoms with Gasteiger partial charge in [0.1, 0.15) is 6.61 Å². The number of carbonyl (C=O) groups is 2. The molecular weight excluding hydrogens is 186 g/mol. The monoisotopic (exact) mass is 201 g/mol. The van der Waals surface area contributed by atoms with Gasteiger partial charge in [-0.25, -0.2) is 10.6 Å². The molecule has 1 saturated heterocycles. The normalized spacial score (nSPS) is 16.8. The lowest BCUT2D eigenvalue weighted by atomic mass is 9.92. The Hall–Kier alpha value is -1.30. The van der Waals surface area contributed by atoms with E-state index in [1.807, 2.05) is 0 Å². The first-order valence-corrected chi connectivity index (χ1v) is 4.40. The zero-order chi connectivity index (χ0) is 10.8. The highest BCUT2D eigenvalue weighted by Crippen LogP contribution is 2.19. The van der Waals surface area contributed by atoms with E-state index in [2.05, 4.69) is 5.43 Å². The lowest BCUT2D eigenvalue weighted by Crippen LogP contribution is -2.47. The average Bonchev–Trinajstić information content (AvgIpc) is 2.50. The predicted octanol–water partition coefficient (Wildman–Crippen LogP) is -0.545. The fourth-order valence-corrected chi connectivity index (χ4v) is 1.31. The SMILES string of the molecule is CC(C)(CN1CCOC1=O)C(=O)NN. The second-order valence-electron chi connectivity index (χ2n) is 3.89. The van der Waals surface area contributed by atoms with Gasteiger partial charge in [-0.2, -0.15) is 0 Å². The Morgan fingerprint density at radius 3 is 2.79 bits per heavy atom. The average molecular weight is 201 g/mol. The maximum absolute atomic E-state index is 11.3. The summed E-state index contributed by atoms with van der Waals surface area (Å²) in [6, 6.07) is 0. The summed E-state index contributed by atoms with van der Waals surface area (Å²) >= 11 is 0. The van der Waals surface area contributed by atoms with Gasteiger partial charge >= 0.3 is 6.09 Å². The van der Waals surface area contributed by atoms with Crippen LogP contribution < -0.4 is 11.3 Å². The Bertz CT molecular complexity index is 252. The summed E-state index contributed by atoms with van der Waals surface area (Å²) in [5.41, 5.74) is 1.38. The highest BCUT2D eigenvalue weighted by Gasteiger charge is 2.34. The predicted molar refractivity (Wildman–Crippen MR) is 49.0 cm³/mol. The van der Waals surface area contributed by atoms with Gasteiger partial charge in [0.2, 0.25) is 5.91 Å². The Labute approximate surface area is 82.3 Å². The van der Waals surface area contributed by atoms with Gasteiger partial charge in [0, 0.05) is 6.54 Å². The van der Waals surface area contributed by atoms with Crippen molar-refractivity contribution in [1.82, 2.24) is 10.3 Å². The zero-order valence-corrected chi connectivity index (χ0v) is 8.37. The number of amides is 2. The van der Waals surface area contributed by atoms with Crippen LogP contribution in [0.15, 0.2) is 0 Å². The maximum Gasteiger partial charge on any atom is 0.409 e. The number of nitrogens with two attached hydrogens (primary N) is 1. The van der Waals surface area contributed by atoms with Gasteiger partial charge in [-0.1, -0.05) is 0 Å². The molecule has 0 saturated carbocycles. The van der Waals surface area contributed by atoms with Gasteiger partial charge in [-0.05, 0) is 13.8 Å². The zero-order valence-electron chi connectivity index (χ0n) is 8.37. The van der Waals surface area contributed by atoms with Gasteiger partial charge in [0.25, 0.3) is 0 Å². The third-order valence-corrected chi connectivity index (χ3v) is 2.18. The highest BCUT2D eigenvalue weighted by atomic mass is 16.6. The van der Waals surface area contributed by atoms with Gasteiger partial charge in [-0.15, -0.1) is 0 Å². The Kier molecular flexibility index (Phi) is 2.95. The fraction of sp³-hybridized carbons (Fsp3) is 0.750. The molecular formula is C8H15N3O3. The number of hydrogen-bond acceptors (Lipinski definition) is 4. The van der Waals surface area contributed by atoms with Crippen molar-refractivity contribution in [2.24, 2.45) is 11.3 Å². The quantitative estimate of drug-likeness (QED) is 0.364. The van der Waals surface area contributed by atoms with Crippen LogP contribution in [-0.4, -0.2) is 36.6 Å². The summed E-state index contributed by atoms with van der Waals surface area (Å²) < 4.78 is 4.75. The molecule has 0 unspecified atom stereocenters. The molecule has 1 fully saturated rings. The number of nitrogens with zero attached hydrogens (tertiary/aromatic N) is 1. The smallest absolute Gasteiger partial charge is 0.409 e. The van der Waals surface area contributed by atoms with E-state index in [-0.39, 0.29) is 12.0 Å². The van der Waals surface area contributed by atoms with Crippen LogP contribution >= 0.6 is 0 Å². The molecule has 6 nitrogen and oxygen atoms in total. The van der Waals surface area contributed by atoms with Crippen molar-refractivity contribution in [2.75, 3.05) is 19.7 Å². The molecule has 80 valence electrons. The summed E-state index contributed by atoms with van der Waals surface area (Å²) in [6.45, 7) is 4.68. The van der Waals surface area contributed by atoms with Crippen LogP contribution in [0.3, 0.4) is 0 Å². The van der Waals surface area contributed by atoms with Crippen molar-refractivity contribution >= 4 is 12.0 Å². The number of carbonyl (C=O) groups excluding carboxylic acids is 2. The molecule has 0 aliphatic carbocycles. The van der Waals surface area contributed by atoms with Crippen molar-refractivity contribution in [2.45, 2.75) is 13.8 Å². The van der Waals surface area contributed by atoms with E-state index in [0.717, 1.165) is 0 Å². The number of nitrogens with one attached hydrogen (secondary N) is 1. The molecule has 1 aliphatic rings. The van der Waals surface area contributed by atoms with Crippen LogP contribution in [0, 0.1) is 5.41 Å². The topological polar surface area (TPSA) is 84.7 Å². The minimum Gasteiger partial charge on any atom is -0.448 e. The third kappa shape index (κ3) is 2.14. The number of hydrazine groups is 1. The molecule has 2 amide bonds. The summed E-state index contributed by atoms with van der Waals surface area (Å²) in [6.07, 6.45) is -0.372. The maximum atomic E-state index is 11.3. The van der Waals surface area contributed by atoms with E-state index in [4.69, 9.17) is 10.6 Å².